The zero-order valence-electron chi connectivity index (χ0n) is 13.8. The number of non-ortho nitro benzene ring substituents is 1. The van der Waals surface area contributed by atoms with Crippen LogP contribution in [-0.4, -0.2) is 39.5 Å². The summed E-state index contributed by atoms with van der Waals surface area (Å²) in [5, 5.41) is 13.7. The maximum absolute atomic E-state index is 12.7. The molecule has 1 aromatic heterocycles. The number of benzene rings is 1. The van der Waals surface area contributed by atoms with Crippen molar-refractivity contribution in [3.8, 4) is 5.75 Å². The Labute approximate surface area is 144 Å². The number of methoxy groups -OCH3 is 1. The van der Waals surface area contributed by atoms with Gasteiger partial charge in [-0.1, -0.05) is 0 Å². The number of hydrogen-bond acceptors (Lipinski definition) is 5. The number of piperidine rings is 1. The SMILES string of the molecule is COc1cc([N+](=O)[O-])ccc1NC(=O)N1CCCC[C@H]1c1ncc[nH]1. The number of aromatic amines is 1. The van der Waals surface area contributed by atoms with Crippen LogP contribution in [0.3, 0.4) is 0 Å². The number of amides is 2. The third-order valence-corrected chi connectivity index (χ3v) is 4.24. The molecule has 1 aliphatic rings. The topological polar surface area (TPSA) is 113 Å². The number of carbonyl (C=O) groups is 1. The number of anilines is 1. The van der Waals surface area contributed by atoms with Crippen molar-refractivity contribution in [1.82, 2.24) is 14.9 Å². The van der Waals surface area contributed by atoms with E-state index < -0.39 is 4.92 Å². The molecule has 0 aliphatic carbocycles. The Morgan fingerprint density at radius 1 is 1.48 bits per heavy atom. The van der Waals surface area contributed by atoms with Gasteiger partial charge in [-0.05, 0) is 25.3 Å². The minimum atomic E-state index is -0.508. The van der Waals surface area contributed by atoms with Crippen molar-refractivity contribution >= 4 is 17.4 Å². The van der Waals surface area contributed by atoms with Gasteiger partial charge in [-0.25, -0.2) is 9.78 Å². The van der Waals surface area contributed by atoms with Crippen molar-refractivity contribution in [1.29, 1.82) is 0 Å². The zero-order chi connectivity index (χ0) is 17.8. The highest BCUT2D eigenvalue weighted by atomic mass is 16.6. The highest BCUT2D eigenvalue weighted by Gasteiger charge is 2.30. The molecule has 2 amide bonds. The van der Waals surface area contributed by atoms with Crippen LogP contribution < -0.4 is 10.1 Å². The van der Waals surface area contributed by atoms with Crippen LogP contribution >= 0.6 is 0 Å². The third kappa shape index (κ3) is 3.54. The van der Waals surface area contributed by atoms with Crippen molar-refractivity contribution in [3.05, 3.63) is 46.5 Å². The first-order valence-corrected chi connectivity index (χ1v) is 7.99. The molecule has 2 aromatic rings. The van der Waals surface area contributed by atoms with Crippen LogP contribution in [0.4, 0.5) is 16.2 Å². The molecule has 1 aromatic carbocycles. The van der Waals surface area contributed by atoms with Crippen molar-refractivity contribution < 1.29 is 14.5 Å². The number of nitro benzene ring substituents is 1. The molecule has 0 bridgehead atoms. The predicted molar refractivity (Wildman–Crippen MR) is 90.6 cm³/mol. The van der Waals surface area contributed by atoms with E-state index in [-0.39, 0.29) is 23.5 Å². The quantitative estimate of drug-likeness (QED) is 0.653. The van der Waals surface area contributed by atoms with E-state index in [2.05, 4.69) is 15.3 Å². The fraction of sp³-hybridized carbons (Fsp3) is 0.375. The average Bonchev–Trinajstić information content (AvgIpc) is 3.16. The van der Waals surface area contributed by atoms with E-state index in [0.717, 1.165) is 25.1 Å². The van der Waals surface area contributed by atoms with Crippen LogP contribution in [-0.2, 0) is 0 Å². The molecule has 1 atom stereocenters. The van der Waals surface area contributed by atoms with Crippen LogP contribution in [0.15, 0.2) is 30.6 Å². The first-order chi connectivity index (χ1) is 12.1. The van der Waals surface area contributed by atoms with Gasteiger partial charge in [0.25, 0.3) is 5.69 Å². The van der Waals surface area contributed by atoms with Crippen LogP contribution in [0.1, 0.15) is 31.1 Å². The molecular formula is C16H19N5O4. The number of H-pyrrole nitrogens is 1. The van der Waals surface area contributed by atoms with Gasteiger partial charge in [-0.15, -0.1) is 0 Å². The van der Waals surface area contributed by atoms with Crippen molar-refractivity contribution in [2.75, 3.05) is 19.0 Å². The van der Waals surface area contributed by atoms with Gasteiger partial charge < -0.3 is 19.9 Å². The van der Waals surface area contributed by atoms with E-state index in [0.29, 0.717) is 12.2 Å². The highest BCUT2D eigenvalue weighted by Crippen LogP contribution is 2.32. The number of hydrogen-bond donors (Lipinski definition) is 2. The smallest absolute Gasteiger partial charge is 0.322 e. The number of nitro groups is 1. The summed E-state index contributed by atoms with van der Waals surface area (Å²) in [5.74, 6) is 1.000. The molecule has 0 saturated carbocycles. The number of ether oxygens (including phenoxy) is 1. The summed E-state index contributed by atoms with van der Waals surface area (Å²) in [4.78, 5) is 32.2. The zero-order valence-corrected chi connectivity index (χ0v) is 13.8. The molecule has 9 heteroatoms. The van der Waals surface area contributed by atoms with Crippen LogP contribution in [0, 0.1) is 10.1 Å². The lowest BCUT2D eigenvalue weighted by Crippen LogP contribution is -2.41. The third-order valence-electron chi connectivity index (χ3n) is 4.24. The van der Waals surface area contributed by atoms with E-state index in [9.17, 15) is 14.9 Å². The summed E-state index contributed by atoms with van der Waals surface area (Å²) in [6, 6.07) is 3.69. The highest BCUT2D eigenvalue weighted by molar-refractivity contribution is 5.91. The fourth-order valence-electron chi connectivity index (χ4n) is 3.00. The summed E-state index contributed by atoms with van der Waals surface area (Å²) in [5.41, 5.74) is 0.295. The summed E-state index contributed by atoms with van der Waals surface area (Å²) >= 11 is 0. The van der Waals surface area contributed by atoms with Gasteiger partial charge >= 0.3 is 6.03 Å². The molecule has 9 nitrogen and oxygen atoms in total. The van der Waals surface area contributed by atoms with Gasteiger partial charge in [0.1, 0.15) is 11.6 Å². The van der Waals surface area contributed by atoms with E-state index >= 15 is 0 Å². The van der Waals surface area contributed by atoms with Gasteiger partial charge in [0.2, 0.25) is 0 Å². The Balaban J connectivity index is 1.80. The maximum Gasteiger partial charge on any atom is 0.322 e. The monoisotopic (exact) mass is 345 g/mol. The summed E-state index contributed by atoms with van der Waals surface area (Å²) in [7, 11) is 1.40. The van der Waals surface area contributed by atoms with E-state index in [1.807, 2.05) is 0 Å². The van der Waals surface area contributed by atoms with Crippen molar-refractivity contribution in [2.45, 2.75) is 25.3 Å². The van der Waals surface area contributed by atoms with Crippen LogP contribution in [0.5, 0.6) is 5.75 Å². The first kappa shape index (κ1) is 16.7. The second-order valence-corrected chi connectivity index (χ2v) is 5.75. The summed E-state index contributed by atoms with van der Waals surface area (Å²) < 4.78 is 5.17. The minimum Gasteiger partial charge on any atom is -0.494 e. The fourth-order valence-corrected chi connectivity index (χ4v) is 3.00. The number of urea groups is 1. The molecule has 0 radical (unpaired) electrons. The second-order valence-electron chi connectivity index (χ2n) is 5.75. The lowest BCUT2D eigenvalue weighted by Gasteiger charge is -2.34. The van der Waals surface area contributed by atoms with E-state index in [1.165, 1.54) is 25.3 Å². The number of carbonyl (C=O) groups excluding carboxylic acids is 1. The number of imidazole rings is 1. The molecule has 0 spiro atoms. The van der Waals surface area contributed by atoms with Gasteiger partial charge in [0, 0.05) is 25.0 Å². The number of nitrogens with zero attached hydrogens (tertiary/aromatic N) is 3. The number of nitrogens with one attached hydrogen (secondary N) is 2. The normalized spacial score (nSPS) is 17.2. The molecule has 2 N–H and O–H groups in total. The van der Waals surface area contributed by atoms with E-state index in [4.69, 9.17) is 4.74 Å². The molecular weight excluding hydrogens is 326 g/mol. The molecule has 1 fully saturated rings. The standard InChI is InChI=1S/C16H19N5O4/c1-25-14-10-11(21(23)24)5-6-12(14)19-16(22)20-9-3-2-4-13(20)15-17-7-8-18-15/h5-8,10,13H,2-4,9H2,1H3,(H,17,18)(H,19,22)/t13-/m0/s1. The number of rotatable bonds is 4. The molecule has 1 aliphatic heterocycles. The predicted octanol–water partition coefficient (Wildman–Crippen LogP) is 3.09. The first-order valence-electron chi connectivity index (χ1n) is 7.99. The molecule has 3 rings (SSSR count). The van der Waals surface area contributed by atoms with Crippen molar-refractivity contribution in [2.24, 2.45) is 0 Å². The maximum atomic E-state index is 12.7. The Hall–Kier alpha value is -3.10. The molecule has 2 heterocycles. The minimum absolute atomic E-state index is 0.0960. The van der Waals surface area contributed by atoms with Gasteiger partial charge in [-0.3, -0.25) is 10.1 Å². The Morgan fingerprint density at radius 3 is 3.00 bits per heavy atom. The Morgan fingerprint density at radius 2 is 2.32 bits per heavy atom. The molecule has 25 heavy (non-hydrogen) atoms. The second kappa shape index (κ2) is 7.20. The molecule has 1 saturated heterocycles. The van der Waals surface area contributed by atoms with Crippen LogP contribution in [0.25, 0.3) is 0 Å². The average molecular weight is 345 g/mol. The van der Waals surface area contributed by atoms with Gasteiger partial charge in [-0.2, -0.15) is 0 Å². The number of likely N-dealkylation sites (tertiary alicyclic amines) is 1. The van der Waals surface area contributed by atoms with Crippen molar-refractivity contribution in [3.63, 3.8) is 0 Å². The van der Waals surface area contributed by atoms with Crippen LogP contribution in [0.2, 0.25) is 0 Å². The van der Waals surface area contributed by atoms with Gasteiger partial charge in [0.15, 0.2) is 0 Å². The molecule has 132 valence electrons. The van der Waals surface area contributed by atoms with Gasteiger partial charge in [0.05, 0.1) is 29.8 Å². The Kier molecular flexibility index (Phi) is 4.82. The summed E-state index contributed by atoms with van der Waals surface area (Å²) in [6.07, 6.45) is 6.18. The Bertz CT molecular complexity index is 762. The van der Waals surface area contributed by atoms with E-state index in [1.54, 1.807) is 17.3 Å². The lowest BCUT2D eigenvalue weighted by atomic mass is 10.0. The largest absolute Gasteiger partial charge is 0.494 e. The molecule has 0 unspecified atom stereocenters. The lowest BCUT2D eigenvalue weighted by molar-refractivity contribution is -0.384. The number of aromatic nitrogens is 2. The summed E-state index contributed by atoms with van der Waals surface area (Å²) in [6.45, 7) is 0.618.